The van der Waals surface area contributed by atoms with E-state index in [1.165, 1.54) is 0 Å². The maximum atomic E-state index is 11.9. The molecular weight excluding hydrogens is 592 g/mol. The van der Waals surface area contributed by atoms with Crippen LogP contribution in [0.1, 0.15) is 54.4 Å². The molecule has 0 radical (unpaired) electrons. The highest BCUT2D eigenvalue weighted by Crippen LogP contribution is 2.43. The van der Waals surface area contributed by atoms with Gasteiger partial charge in [-0.25, -0.2) is 9.59 Å². The fourth-order valence-corrected chi connectivity index (χ4v) is 4.47. The van der Waals surface area contributed by atoms with E-state index in [0.29, 0.717) is 74.1 Å². The van der Waals surface area contributed by atoms with E-state index in [1.54, 1.807) is 12.1 Å². The minimum atomic E-state index is -0.734. The Bertz CT molecular complexity index is 1570. The predicted octanol–water partition coefficient (Wildman–Crippen LogP) is 9.13. The van der Waals surface area contributed by atoms with Crippen molar-refractivity contribution >= 4 is 33.9 Å². The van der Waals surface area contributed by atoms with Gasteiger partial charge in [0, 0.05) is 33.7 Å². The Kier molecular flexibility index (Phi) is 14.6. The molecule has 4 aromatic carbocycles. The van der Waals surface area contributed by atoms with Crippen molar-refractivity contribution in [3.05, 3.63) is 60.7 Å². The molecule has 0 saturated carbocycles. The molecule has 10 heteroatoms. The van der Waals surface area contributed by atoms with Gasteiger partial charge < -0.3 is 37.9 Å². The Hall–Kier alpha value is -4.86. The van der Waals surface area contributed by atoms with E-state index < -0.39 is 12.3 Å². The van der Waals surface area contributed by atoms with Crippen molar-refractivity contribution in [3.8, 4) is 34.5 Å². The van der Waals surface area contributed by atoms with Crippen LogP contribution in [0.25, 0.3) is 21.5 Å². The third-order valence-electron chi connectivity index (χ3n) is 6.26. The van der Waals surface area contributed by atoms with Crippen LogP contribution in [-0.2, 0) is 9.47 Å². The van der Waals surface area contributed by atoms with Crippen molar-refractivity contribution in [2.45, 2.75) is 54.4 Å². The Labute approximate surface area is 270 Å². The first kappa shape index (κ1) is 35.6. The van der Waals surface area contributed by atoms with Crippen LogP contribution in [0, 0.1) is 0 Å². The summed E-state index contributed by atoms with van der Waals surface area (Å²) in [5, 5.41) is 3.21. The van der Waals surface area contributed by atoms with Gasteiger partial charge in [0.25, 0.3) is 0 Å². The van der Waals surface area contributed by atoms with Crippen LogP contribution in [0.2, 0.25) is 0 Å². The number of fused-ring (bicyclic) bond motifs is 2. The summed E-state index contributed by atoms with van der Waals surface area (Å²) < 4.78 is 43.4. The van der Waals surface area contributed by atoms with Gasteiger partial charge in [0.2, 0.25) is 0 Å². The lowest BCUT2D eigenvalue weighted by atomic mass is 10.1. The molecular formula is C36H44O10. The summed E-state index contributed by atoms with van der Waals surface area (Å²) in [6, 6.07) is 18.5. The Morgan fingerprint density at radius 2 is 0.891 bits per heavy atom. The second kappa shape index (κ2) is 18.8. The van der Waals surface area contributed by atoms with Gasteiger partial charge in [-0.05, 0) is 40.5 Å². The molecule has 0 bridgehead atoms. The average Bonchev–Trinajstić information content (AvgIpc) is 3.06. The highest BCUT2D eigenvalue weighted by atomic mass is 16.7. The van der Waals surface area contributed by atoms with Crippen LogP contribution in [0.3, 0.4) is 0 Å². The number of rotatable bonds is 14. The molecule has 0 aromatic heterocycles. The molecule has 4 aromatic rings. The molecule has 248 valence electrons. The Morgan fingerprint density at radius 1 is 0.478 bits per heavy atom. The van der Waals surface area contributed by atoms with Gasteiger partial charge in [0.05, 0.1) is 39.6 Å². The van der Waals surface area contributed by atoms with Crippen molar-refractivity contribution in [2.75, 3.05) is 39.6 Å². The van der Waals surface area contributed by atoms with Gasteiger partial charge in [-0.3, -0.25) is 0 Å². The lowest BCUT2D eigenvalue weighted by Crippen LogP contribution is -2.12. The first-order chi connectivity index (χ1) is 22.4. The highest BCUT2D eigenvalue weighted by Gasteiger charge is 2.20. The number of carbonyl (C=O) groups is 2. The number of carbonyl (C=O) groups excluding carboxylic acids is 2. The molecule has 0 unspecified atom stereocenters. The predicted molar refractivity (Wildman–Crippen MR) is 177 cm³/mol. The molecule has 0 aliphatic carbocycles. The molecule has 46 heavy (non-hydrogen) atoms. The van der Waals surface area contributed by atoms with E-state index in [9.17, 15) is 9.59 Å². The lowest BCUT2D eigenvalue weighted by Gasteiger charge is -2.16. The van der Waals surface area contributed by atoms with E-state index in [2.05, 4.69) is 0 Å². The summed E-state index contributed by atoms with van der Waals surface area (Å²) in [6.07, 6.45) is 0.0200. The molecule has 0 atom stereocenters. The molecule has 10 nitrogen and oxygen atoms in total. The number of hydrogen-bond donors (Lipinski definition) is 0. The minimum Gasteiger partial charge on any atom is -0.493 e. The zero-order valence-corrected chi connectivity index (χ0v) is 27.5. The van der Waals surface area contributed by atoms with Crippen molar-refractivity contribution in [1.29, 1.82) is 0 Å². The largest absolute Gasteiger partial charge is 0.513 e. The van der Waals surface area contributed by atoms with Crippen LogP contribution in [-0.4, -0.2) is 52.0 Å². The van der Waals surface area contributed by atoms with Gasteiger partial charge in [-0.1, -0.05) is 62.4 Å². The van der Waals surface area contributed by atoms with Crippen molar-refractivity contribution in [1.82, 2.24) is 0 Å². The van der Waals surface area contributed by atoms with Crippen LogP contribution >= 0.6 is 0 Å². The molecule has 0 spiro atoms. The van der Waals surface area contributed by atoms with E-state index in [1.807, 2.05) is 90.1 Å². The number of benzene rings is 4. The van der Waals surface area contributed by atoms with E-state index >= 15 is 0 Å². The molecule has 0 N–H and O–H groups in total. The fraction of sp³-hybridized carbons (Fsp3) is 0.389. The quantitative estimate of drug-likeness (QED) is 0.0982. The first-order valence-corrected chi connectivity index (χ1v) is 15.7. The summed E-state index contributed by atoms with van der Waals surface area (Å²) in [7, 11) is 0. The molecule has 0 aliphatic rings. The number of hydrogen-bond acceptors (Lipinski definition) is 10. The number of ether oxygens (including phenoxy) is 8. The van der Waals surface area contributed by atoms with E-state index in [-0.39, 0.29) is 0 Å². The topological polar surface area (TPSA) is 108 Å². The molecule has 0 amide bonds. The van der Waals surface area contributed by atoms with Crippen LogP contribution < -0.4 is 28.4 Å². The van der Waals surface area contributed by atoms with Crippen LogP contribution in [0.15, 0.2) is 60.7 Å². The summed E-state index contributed by atoms with van der Waals surface area (Å²) in [5.74, 6) is 3.11. The maximum Gasteiger partial charge on any atom is 0.513 e. The molecule has 4 rings (SSSR count). The smallest absolute Gasteiger partial charge is 0.493 e. The molecule has 0 aliphatic heterocycles. The first-order valence-electron chi connectivity index (χ1n) is 15.7. The minimum absolute atomic E-state index is 0.317. The maximum absolute atomic E-state index is 11.9. The average molecular weight is 637 g/mol. The SMILES string of the molecule is CCCOC(=O)Oc1c(OCC)cc(OCC)c2ccccc12.CCCOC(=O)Oc1cc(OCC)c(OCC)c2ccccc12. The standard InChI is InChI=1S/2C18H22O5/c1-4-11-22-18(19)23-15-12-16(20-5-2)17(21-6-3)14-10-8-7-9-13(14)15;1-4-11-22-18(19)23-17-14-10-8-7-9-13(14)15(20-5-2)12-16(17)21-6-3/h2*7-10,12H,4-6,11H2,1-3H3. The highest BCUT2D eigenvalue weighted by molar-refractivity contribution is 5.97. The van der Waals surface area contributed by atoms with Crippen LogP contribution in [0.4, 0.5) is 9.59 Å². The van der Waals surface area contributed by atoms with Gasteiger partial charge in [-0.15, -0.1) is 0 Å². The van der Waals surface area contributed by atoms with Gasteiger partial charge >= 0.3 is 12.3 Å². The third-order valence-corrected chi connectivity index (χ3v) is 6.26. The third kappa shape index (κ3) is 9.57. The Morgan fingerprint density at radius 3 is 1.41 bits per heavy atom. The van der Waals surface area contributed by atoms with Crippen LogP contribution in [0.5, 0.6) is 34.5 Å². The van der Waals surface area contributed by atoms with Gasteiger partial charge in [0.1, 0.15) is 11.5 Å². The van der Waals surface area contributed by atoms with Crippen molar-refractivity contribution < 1.29 is 47.5 Å². The normalized spacial score (nSPS) is 10.4. The molecule has 0 saturated heterocycles. The fourth-order valence-electron chi connectivity index (χ4n) is 4.47. The Balaban J connectivity index is 0.000000250. The summed E-state index contributed by atoms with van der Waals surface area (Å²) >= 11 is 0. The van der Waals surface area contributed by atoms with Crippen molar-refractivity contribution in [3.63, 3.8) is 0 Å². The summed E-state index contributed by atoms with van der Waals surface area (Å²) in [4.78, 5) is 23.6. The summed E-state index contributed by atoms with van der Waals surface area (Å²) in [6.45, 7) is 14.1. The van der Waals surface area contributed by atoms with E-state index in [0.717, 1.165) is 34.4 Å². The van der Waals surface area contributed by atoms with Crippen molar-refractivity contribution in [2.24, 2.45) is 0 Å². The zero-order chi connectivity index (χ0) is 33.3. The zero-order valence-electron chi connectivity index (χ0n) is 27.5. The van der Waals surface area contributed by atoms with Gasteiger partial charge in [0.15, 0.2) is 23.0 Å². The second-order valence-electron chi connectivity index (χ2n) is 9.63. The summed E-state index contributed by atoms with van der Waals surface area (Å²) in [5.41, 5.74) is 0. The van der Waals surface area contributed by atoms with Gasteiger partial charge in [-0.2, -0.15) is 0 Å². The lowest BCUT2D eigenvalue weighted by molar-refractivity contribution is 0.0977. The van der Waals surface area contributed by atoms with E-state index in [4.69, 9.17) is 37.9 Å². The second-order valence-corrected chi connectivity index (χ2v) is 9.63. The monoisotopic (exact) mass is 636 g/mol. The molecule has 0 fully saturated rings. The molecule has 0 heterocycles.